The van der Waals surface area contributed by atoms with E-state index in [1.165, 1.54) is 11.1 Å². The van der Waals surface area contributed by atoms with Crippen molar-refractivity contribution in [2.45, 2.75) is 45.8 Å². The van der Waals surface area contributed by atoms with Crippen LogP contribution in [0.25, 0.3) is 0 Å². The third-order valence-corrected chi connectivity index (χ3v) is 6.02. The molecule has 0 aliphatic carbocycles. The van der Waals surface area contributed by atoms with E-state index in [2.05, 4.69) is 39.8 Å². The Morgan fingerprint density at radius 3 is 2.71 bits per heavy atom. The van der Waals surface area contributed by atoms with Crippen molar-refractivity contribution in [3.63, 3.8) is 0 Å². The lowest BCUT2D eigenvalue weighted by Crippen LogP contribution is -2.35. The molecule has 0 unspecified atom stereocenters. The average Bonchev–Trinajstić information content (AvgIpc) is 3.30. The van der Waals surface area contributed by atoms with Crippen LogP contribution in [0.15, 0.2) is 42.5 Å². The van der Waals surface area contributed by atoms with Crippen LogP contribution in [0.1, 0.15) is 48.2 Å². The number of nitrogens with zero attached hydrogens (tertiary/aromatic N) is 1. The van der Waals surface area contributed by atoms with Gasteiger partial charge in [0.05, 0.1) is 11.7 Å². The summed E-state index contributed by atoms with van der Waals surface area (Å²) in [4.78, 5) is 27.6. The molecule has 1 atom stereocenters. The van der Waals surface area contributed by atoms with Crippen molar-refractivity contribution in [2.75, 3.05) is 29.9 Å². The zero-order valence-electron chi connectivity index (χ0n) is 18.3. The second kappa shape index (κ2) is 9.52. The highest BCUT2D eigenvalue weighted by molar-refractivity contribution is 6.02. The third-order valence-electron chi connectivity index (χ3n) is 6.02. The third kappa shape index (κ3) is 5.07. The molecule has 6 nitrogen and oxygen atoms in total. The number of hydrogen-bond acceptors (Lipinski definition) is 4. The van der Waals surface area contributed by atoms with E-state index in [9.17, 15) is 9.59 Å². The van der Waals surface area contributed by atoms with Gasteiger partial charge in [0.2, 0.25) is 5.91 Å². The van der Waals surface area contributed by atoms with E-state index < -0.39 is 0 Å². The Morgan fingerprint density at radius 1 is 1.16 bits per heavy atom. The summed E-state index contributed by atoms with van der Waals surface area (Å²) in [7, 11) is 0. The van der Waals surface area contributed by atoms with Gasteiger partial charge in [0.15, 0.2) is 0 Å². The molecule has 31 heavy (non-hydrogen) atoms. The zero-order chi connectivity index (χ0) is 21.8. The standard InChI is InChI=1S/C25H31N3O3/c1-17(2)24(29)27-20-9-10-23(28-12-11-18-6-3-4-7-19(18)16-28)22(14-20)25(30)26-15-21-8-5-13-31-21/h3-4,6-7,9-10,14,17,21H,5,8,11-13,15-16H2,1-2H3,(H,26,30)(H,27,29)/t21-/m1/s1. The molecule has 2 aliphatic heterocycles. The molecule has 1 saturated heterocycles. The van der Waals surface area contributed by atoms with Gasteiger partial charge in [0.25, 0.3) is 5.91 Å². The SMILES string of the molecule is CC(C)C(=O)Nc1ccc(N2CCc3ccccc3C2)c(C(=O)NC[C@H]2CCCO2)c1. The molecule has 2 amide bonds. The van der Waals surface area contributed by atoms with Crippen molar-refractivity contribution in [3.05, 3.63) is 59.2 Å². The van der Waals surface area contributed by atoms with Crippen LogP contribution in [0.2, 0.25) is 0 Å². The van der Waals surface area contributed by atoms with E-state index >= 15 is 0 Å². The van der Waals surface area contributed by atoms with Gasteiger partial charge in [0.1, 0.15) is 0 Å². The molecule has 4 rings (SSSR count). The molecule has 0 saturated carbocycles. The number of anilines is 2. The maximum atomic E-state index is 13.2. The fourth-order valence-electron chi connectivity index (χ4n) is 4.17. The molecule has 6 heteroatoms. The van der Waals surface area contributed by atoms with E-state index in [1.807, 2.05) is 26.0 Å². The first-order chi connectivity index (χ1) is 15.0. The molecule has 2 aliphatic rings. The summed E-state index contributed by atoms with van der Waals surface area (Å²) in [6.07, 6.45) is 3.04. The number of nitrogens with one attached hydrogen (secondary N) is 2. The smallest absolute Gasteiger partial charge is 0.253 e. The molecule has 2 aromatic rings. The van der Waals surface area contributed by atoms with Gasteiger partial charge in [-0.15, -0.1) is 0 Å². The Morgan fingerprint density at radius 2 is 1.97 bits per heavy atom. The number of carbonyl (C=O) groups excluding carboxylic acids is 2. The highest BCUT2D eigenvalue weighted by atomic mass is 16.5. The Hall–Kier alpha value is -2.86. The molecular formula is C25H31N3O3. The molecular weight excluding hydrogens is 390 g/mol. The van der Waals surface area contributed by atoms with Crippen LogP contribution in [0.5, 0.6) is 0 Å². The van der Waals surface area contributed by atoms with Crippen molar-refractivity contribution in [2.24, 2.45) is 5.92 Å². The summed E-state index contributed by atoms with van der Waals surface area (Å²) in [5.41, 5.74) is 4.77. The van der Waals surface area contributed by atoms with Crippen LogP contribution >= 0.6 is 0 Å². The largest absolute Gasteiger partial charge is 0.376 e. The van der Waals surface area contributed by atoms with E-state index in [0.717, 1.165) is 44.6 Å². The Labute approximate surface area is 184 Å². The second-order valence-electron chi connectivity index (χ2n) is 8.66. The van der Waals surface area contributed by atoms with E-state index in [4.69, 9.17) is 4.74 Å². The maximum absolute atomic E-state index is 13.2. The second-order valence-corrected chi connectivity index (χ2v) is 8.66. The molecule has 0 radical (unpaired) electrons. The number of amides is 2. The number of ether oxygens (including phenoxy) is 1. The van der Waals surface area contributed by atoms with Gasteiger partial charge in [-0.25, -0.2) is 0 Å². The van der Waals surface area contributed by atoms with E-state index in [1.54, 1.807) is 6.07 Å². The van der Waals surface area contributed by atoms with Crippen molar-refractivity contribution in [1.82, 2.24) is 5.32 Å². The van der Waals surface area contributed by atoms with Gasteiger partial charge in [-0.3, -0.25) is 9.59 Å². The molecule has 2 aromatic carbocycles. The van der Waals surface area contributed by atoms with Crippen molar-refractivity contribution in [3.8, 4) is 0 Å². The summed E-state index contributed by atoms with van der Waals surface area (Å²) in [5.74, 6) is -0.328. The summed E-state index contributed by atoms with van der Waals surface area (Å²) in [6.45, 7) is 6.58. The number of benzene rings is 2. The van der Waals surface area contributed by atoms with Crippen LogP contribution in [0.3, 0.4) is 0 Å². The minimum absolute atomic E-state index is 0.0645. The molecule has 2 N–H and O–H groups in total. The number of carbonyl (C=O) groups is 2. The van der Waals surface area contributed by atoms with Crippen molar-refractivity contribution >= 4 is 23.2 Å². The first-order valence-electron chi connectivity index (χ1n) is 11.2. The Balaban J connectivity index is 1.58. The Kier molecular flexibility index (Phi) is 6.56. The first-order valence-corrected chi connectivity index (χ1v) is 11.2. The van der Waals surface area contributed by atoms with Crippen LogP contribution < -0.4 is 15.5 Å². The number of fused-ring (bicyclic) bond motifs is 1. The molecule has 1 fully saturated rings. The molecule has 0 aromatic heterocycles. The van der Waals surface area contributed by atoms with Gasteiger partial charge in [-0.2, -0.15) is 0 Å². The van der Waals surface area contributed by atoms with Crippen LogP contribution in [0.4, 0.5) is 11.4 Å². The van der Waals surface area contributed by atoms with Gasteiger partial charge in [0, 0.05) is 43.5 Å². The number of rotatable bonds is 6. The van der Waals surface area contributed by atoms with Crippen LogP contribution in [-0.2, 0) is 22.5 Å². The van der Waals surface area contributed by atoms with Gasteiger partial charge in [-0.1, -0.05) is 38.1 Å². The zero-order valence-corrected chi connectivity index (χ0v) is 18.3. The monoisotopic (exact) mass is 421 g/mol. The first kappa shape index (κ1) is 21.4. The van der Waals surface area contributed by atoms with Crippen LogP contribution in [0, 0.1) is 5.92 Å². The van der Waals surface area contributed by atoms with Gasteiger partial charge in [-0.05, 0) is 48.6 Å². The quantitative estimate of drug-likeness (QED) is 0.745. The average molecular weight is 422 g/mol. The topological polar surface area (TPSA) is 70.7 Å². The predicted molar refractivity (Wildman–Crippen MR) is 122 cm³/mol. The maximum Gasteiger partial charge on any atom is 0.253 e. The predicted octanol–water partition coefficient (Wildman–Crippen LogP) is 3.75. The normalized spacial score (nSPS) is 18.0. The fourth-order valence-corrected chi connectivity index (χ4v) is 4.17. The van der Waals surface area contributed by atoms with Gasteiger partial charge >= 0.3 is 0 Å². The van der Waals surface area contributed by atoms with Crippen molar-refractivity contribution < 1.29 is 14.3 Å². The lowest BCUT2D eigenvalue weighted by molar-refractivity contribution is -0.118. The molecule has 0 bridgehead atoms. The number of hydrogen-bond donors (Lipinski definition) is 2. The summed E-state index contributed by atoms with van der Waals surface area (Å²) in [6, 6.07) is 14.1. The molecule has 164 valence electrons. The summed E-state index contributed by atoms with van der Waals surface area (Å²) in [5, 5.41) is 5.96. The van der Waals surface area contributed by atoms with Crippen LogP contribution in [-0.4, -0.2) is 37.6 Å². The van der Waals surface area contributed by atoms with Gasteiger partial charge < -0.3 is 20.3 Å². The minimum Gasteiger partial charge on any atom is -0.376 e. The minimum atomic E-state index is -0.134. The fraction of sp³-hybridized carbons (Fsp3) is 0.440. The van der Waals surface area contributed by atoms with E-state index in [0.29, 0.717) is 17.8 Å². The highest BCUT2D eigenvalue weighted by Crippen LogP contribution is 2.30. The molecule has 0 spiro atoms. The lowest BCUT2D eigenvalue weighted by Gasteiger charge is -2.32. The summed E-state index contributed by atoms with van der Waals surface area (Å²) < 4.78 is 5.65. The highest BCUT2D eigenvalue weighted by Gasteiger charge is 2.23. The van der Waals surface area contributed by atoms with E-state index in [-0.39, 0.29) is 23.8 Å². The molecule has 2 heterocycles. The van der Waals surface area contributed by atoms with Crippen molar-refractivity contribution in [1.29, 1.82) is 0 Å². The Bertz CT molecular complexity index is 951. The lowest BCUT2D eigenvalue weighted by atomic mass is 9.98. The summed E-state index contributed by atoms with van der Waals surface area (Å²) >= 11 is 0.